The van der Waals surface area contributed by atoms with Gasteiger partial charge in [-0.25, -0.2) is 24.2 Å². The van der Waals surface area contributed by atoms with Crippen LogP contribution in [0.3, 0.4) is 0 Å². The lowest BCUT2D eigenvalue weighted by molar-refractivity contribution is 0.0596. The number of aromatic amines is 1. The van der Waals surface area contributed by atoms with Crippen molar-refractivity contribution in [2.24, 2.45) is 33.5 Å². The molecule has 0 spiro atoms. The summed E-state index contributed by atoms with van der Waals surface area (Å²) in [6.45, 7) is 29.7. The minimum absolute atomic E-state index is 0.0208. The monoisotopic (exact) mass is 1250 g/mol. The molecule has 0 aliphatic heterocycles. The van der Waals surface area contributed by atoms with Crippen LogP contribution in [0.15, 0.2) is 4.79 Å². The number of urea groups is 1. The van der Waals surface area contributed by atoms with Crippen molar-refractivity contribution in [1.82, 2.24) is 31.2 Å². The van der Waals surface area contributed by atoms with Gasteiger partial charge in [0.05, 0.1) is 25.5 Å². The summed E-state index contributed by atoms with van der Waals surface area (Å²) in [5, 5.41) is 15.1. The van der Waals surface area contributed by atoms with Crippen LogP contribution in [-0.2, 0) is 20.6 Å². The molecule has 5 amide bonds. The van der Waals surface area contributed by atoms with Gasteiger partial charge in [0.25, 0.3) is 5.56 Å². The van der Waals surface area contributed by atoms with Crippen molar-refractivity contribution < 1.29 is 33.4 Å². The van der Waals surface area contributed by atoms with Gasteiger partial charge in [0.2, 0.25) is 5.95 Å². The smallest absolute Gasteiger partial charge is 0.407 e. The Morgan fingerprint density at radius 2 is 0.843 bits per heavy atom. The number of hydrogen-bond donors (Lipinski definition) is 6. The molecule has 1 aromatic heterocycles. The number of aromatic nitrogens is 2. The highest BCUT2D eigenvalue weighted by molar-refractivity contribution is 5.87. The number of unbranched alkanes of at least 4 members (excludes halogenated alkanes) is 24. The number of H-pyrrole nitrogens is 1. The van der Waals surface area contributed by atoms with Crippen LogP contribution in [0.25, 0.3) is 0 Å². The standard InChI is InChI=1S/C71H131N7O8.C3H8/c1-12-16-20-24-28-30-34-38-42-57(40-36-32-26-22-18-14-3)50-85-66(82)75-59-46-68(6,7)52-70(10,48-59)54-72-64(80)78-63-74-56(5)61(62(79)77-63)44-45-84-65(81)73-55-71(11)49-60(47-69(8,9)53-71)76-67(83)86-51-58(41-37-33-27-23-19-15-4)43-39-35-31-29-25-21-17-13-2;1-3-2/h57-60H,12-55H2,1-11H3,(H,73,81)(H,75,82)(H,76,83)(H3,72,74,77,78,79,80);3H2,1-2H3. The third-order valence-corrected chi connectivity index (χ3v) is 18.7. The molecule has 0 bridgehead atoms. The normalized spacial score (nSPS) is 20.1. The molecule has 3 rings (SSSR count). The van der Waals surface area contributed by atoms with Crippen LogP contribution in [0, 0.1) is 40.4 Å². The Kier molecular flexibility index (Phi) is 42.7. The van der Waals surface area contributed by atoms with Crippen LogP contribution in [0.1, 0.15) is 345 Å². The highest BCUT2D eigenvalue weighted by Gasteiger charge is 2.43. The number of rotatable bonds is 46. The van der Waals surface area contributed by atoms with E-state index in [0.717, 1.165) is 51.4 Å². The summed E-state index contributed by atoms with van der Waals surface area (Å²) in [4.78, 5) is 73.7. The van der Waals surface area contributed by atoms with E-state index in [2.05, 4.69) is 120 Å². The molecule has 6 N–H and O–H groups in total. The molecule has 2 aliphatic rings. The van der Waals surface area contributed by atoms with E-state index < -0.39 is 17.7 Å². The Morgan fingerprint density at radius 1 is 0.494 bits per heavy atom. The summed E-state index contributed by atoms with van der Waals surface area (Å²) in [7, 11) is 0. The Morgan fingerprint density at radius 3 is 1.20 bits per heavy atom. The lowest BCUT2D eigenvalue weighted by Crippen LogP contribution is -2.51. The topological polar surface area (TPSA) is 202 Å². The molecular weight excluding hydrogens is 1110 g/mol. The highest BCUT2D eigenvalue weighted by Crippen LogP contribution is 2.47. The predicted octanol–water partition coefficient (Wildman–Crippen LogP) is 20.3. The Hall–Kier alpha value is -4.04. The zero-order chi connectivity index (χ0) is 65.8. The average Bonchev–Trinajstić information content (AvgIpc) is 3.30. The lowest BCUT2D eigenvalue weighted by Gasteiger charge is -2.46. The molecule has 1 aromatic rings. The van der Waals surface area contributed by atoms with Gasteiger partial charge in [0.1, 0.15) is 0 Å². The molecule has 2 fully saturated rings. The molecule has 0 radical (unpaired) electrons. The summed E-state index contributed by atoms with van der Waals surface area (Å²) in [5.74, 6) is 0.785. The highest BCUT2D eigenvalue weighted by atomic mass is 16.6. The van der Waals surface area contributed by atoms with Crippen molar-refractivity contribution >= 4 is 30.3 Å². The van der Waals surface area contributed by atoms with Gasteiger partial charge in [-0.15, -0.1) is 0 Å². The number of hydrogen-bond acceptors (Lipinski definition) is 9. The van der Waals surface area contributed by atoms with E-state index >= 15 is 0 Å². The zero-order valence-corrected chi connectivity index (χ0v) is 59.8. The van der Waals surface area contributed by atoms with Crippen LogP contribution in [0.5, 0.6) is 0 Å². The summed E-state index contributed by atoms with van der Waals surface area (Å²) < 4.78 is 17.5. The zero-order valence-electron chi connectivity index (χ0n) is 59.8. The molecular formula is C74H139N7O8. The maximum atomic E-state index is 13.4. The van der Waals surface area contributed by atoms with Crippen molar-refractivity contribution in [1.29, 1.82) is 0 Å². The van der Waals surface area contributed by atoms with Gasteiger partial charge in [0, 0.05) is 37.2 Å². The largest absolute Gasteiger partial charge is 0.449 e. The number of nitrogens with zero attached hydrogens (tertiary/aromatic N) is 1. The molecule has 6 atom stereocenters. The van der Waals surface area contributed by atoms with Crippen molar-refractivity contribution in [3.8, 4) is 0 Å². The number of nitrogens with one attached hydrogen (secondary N) is 6. The molecule has 15 heteroatoms. The Bertz CT molecular complexity index is 2100. The van der Waals surface area contributed by atoms with Crippen molar-refractivity contribution in [2.45, 2.75) is 359 Å². The fourth-order valence-electron chi connectivity index (χ4n) is 14.7. The molecule has 6 unspecified atom stereocenters. The van der Waals surface area contributed by atoms with Gasteiger partial charge >= 0.3 is 24.3 Å². The van der Waals surface area contributed by atoms with Gasteiger partial charge < -0.3 is 35.5 Å². The van der Waals surface area contributed by atoms with Gasteiger partial charge in [-0.2, -0.15) is 0 Å². The second-order valence-corrected chi connectivity index (χ2v) is 30.1. The third-order valence-electron chi connectivity index (χ3n) is 18.7. The summed E-state index contributed by atoms with van der Waals surface area (Å²) in [5.41, 5.74) is -0.423. The molecule has 518 valence electrons. The third kappa shape index (κ3) is 39.2. The van der Waals surface area contributed by atoms with Gasteiger partial charge in [-0.3, -0.25) is 15.1 Å². The number of carbonyl (C=O) groups excluding carboxylic acids is 4. The maximum Gasteiger partial charge on any atom is 0.407 e. The van der Waals surface area contributed by atoms with Crippen LogP contribution in [-0.4, -0.2) is 79.3 Å². The molecule has 2 aliphatic carbocycles. The van der Waals surface area contributed by atoms with E-state index in [4.69, 9.17) is 14.2 Å². The Labute approximate surface area is 544 Å². The molecule has 2 saturated carbocycles. The van der Waals surface area contributed by atoms with Gasteiger partial charge in [0.15, 0.2) is 0 Å². The number of anilines is 1. The molecule has 89 heavy (non-hydrogen) atoms. The van der Waals surface area contributed by atoms with E-state index in [-0.39, 0.29) is 64.9 Å². The number of ether oxygens (including phenoxy) is 3. The number of amides is 5. The second-order valence-electron chi connectivity index (χ2n) is 30.1. The van der Waals surface area contributed by atoms with Gasteiger partial charge in [-0.1, -0.05) is 269 Å². The van der Waals surface area contributed by atoms with Crippen molar-refractivity contribution in [2.75, 3.05) is 38.2 Å². The van der Waals surface area contributed by atoms with Crippen molar-refractivity contribution in [3.05, 3.63) is 21.6 Å². The molecule has 0 aromatic carbocycles. The molecule has 1 heterocycles. The first-order valence-electron chi connectivity index (χ1n) is 36.9. The number of alkyl carbamates (subject to hydrolysis) is 3. The first kappa shape index (κ1) is 81.1. The fourth-order valence-corrected chi connectivity index (χ4v) is 14.7. The first-order chi connectivity index (χ1) is 42.5. The van der Waals surface area contributed by atoms with Crippen LogP contribution in [0.4, 0.5) is 25.1 Å². The summed E-state index contributed by atoms with van der Waals surface area (Å²) >= 11 is 0. The second kappa shape index (κ2) is 46.9. The minimum atomic E-state index is -0.577. The van der Waals surface area contributed by atoms with Crippen LogP contribution < -0.4 is 32.1 Å². The van der Waals surface area contributed by atoms with Crippen LogP contribution >= 0.6 is 0 Å². The minimum Gasteiger partial charge on any atom is -0.449 e. The quantitative estimate of drug-likeness (QED) is 0.0271. The number of aryl methyl sites for hydroxylation is 1. The fraction of sp³-hybridized carbons (Fsp3) is 0.892. The van der Waals surface area contributed by atoms with Crippen LogP contribution in [0.2, 0.25) is 0 Å². The average molecular weight is 1250 g/mol. The van der Waals surface area contributed by atoms with E-state index in [1.807, 2.05) is 0 Å². The summed E-state index contributed by atoms with van der Waals surface area (Å²) in [6, 6.07) is -0.693. The maximum absolute atomic E-state index is 13.4. The predicted molar refractivity (Wildman–Crippen MR) is 371 cm³/mol. The lowest BCUT2D eigenvalue weighted by atomic mass is 9.62. The molecule has 15 nitrogen and oxygen atoms in total. The number of carbonyl (C=O) groups is 4. The molecule has 0 saturated heterocycles. The van der Waals surface area contributed by atoms with Crippen molar-refractivity contribution in [3.63, 3.8) is 0 Å². The van der Waals surface area contributed by atoms with E-state index in [9.17, 15) is 24.0 Å². The van der Waals surface area contributed by atoms with E-state index in [1.54, 1.807) is 6.92 Å². The van der Waals surface area contributed by atoms with E-state index in [1.165, 1.54) is 186 Å². The van der Waals surface area contributed by atoms with Gasteiger partial charge in [-0.05, 0) is 105 Å². The van der Waals surface area contributed by atoms with E-state index in [0.29, 0.717) is 62.2 Å². The summed E-state index contributed by atoms with van der Waals surface area (Å²) in [6.07, 6.45) is 44.9. The Balaban J connectivity index is 0.00000881. The SMILES string of the molecule is CCC.CCCCCCCCCCC(CCCCCCCC)COC(=O)NC1CC(C)(C)CC(C)(CNC(=O)Nc2nc(C)c(CCOC(=O)NCC3(C)CC(NC(=O)OCC(CCCCCCCC)CCCCCCCCCC)CC(C)(C)C3)c(=O)[nH]2)C1. The first-order valence-corrected chi connectivity index (χ1v) is 36.9.